The molecule has 0 aliphatic carbocycles. The summed E-state index contributed by atoms with van der Waals surface area (Å²) in [6.45, 7) is 2.51. The van der Waals surface area contributed by atoms with Crippen LogP contribution in [0.1, 0.15) is 20.3 Å². The van der Waals surface area contributed by atoms with Crippen molar-refractivity contribution in [1.82, 2.24) is 4.90 Å². The summed E-state index contributed by atoms with van der Waals surface area (Å²) in [5, 5.41) is 8.68. The van der Waals surface area contributed by atoms with Crippen LogP contribution in [0.2, 0.25) is 0 Å². The zero-order valence-corrected chi connectivity index (χ0v) is 12.6. The Hall–Kier alpha value is -1.57. The summed E-state index contributed by atoms with van der Waals surface area (Å²) in [5.74, 6) is -2.29. The molecule has 0 rings (SSSR count). The summed E-state index contributed by atoms with van der Waals surface area (Å²) in [7, 11) is 1.22. The van der Waals surface area contributed by atoms with Crippen LogP contribution in [0.3, 0.4) is 0 Å². The van der Waals surface area contributed by atoms with Gasteiger partial charge < -0.3 is 14.7 Å². The van der Waals surface area contributed by atoms with Gasteiger partial charge in [-0.1, -0.05) is 18.7 Å². The lowest BCUT2D eigenvalue weighted by Gasteiger charge is -2.23. The SMILES string of the molecule is COC(=O)CCN(CC(=O)O)C(=O)[C@H](C)CSC(C)=O. The summed E-state index contributed by atoms with van der Waals surface area (Å²) in [4.78, 5) is 45.8. The number of nitrogens with zero attached hydrogens (tertiary/aromatic N) is 1. The second-order valence-corrected chi connectivity index (χ2v) is 5.38. The van der Waals surface area contributed by atoms with Gasteiger partial charge in [0.2, 0.25) is 5.91 Å². The minimum absolute atomic E-state index is 0.0209. The van der Waals surface area contributed by atoms with E-state index in [1.165, 1.54) is 14.0 Å². The molecule has 0 unspecified atom stereocenters. The maximum atomic E-state index is 12.1. The highest BCUT2D eigenvalue weighted by molar-refractivity contribution is 8.13. The van der Waals surface area contributed by atoms with E-state index in [2.05, 4.69) is 4.74 Å². The Morgan fingerprint density at radius 2 is 1.90 bits per heavy atom. The fraction of sp³-hybridized carbons (Fsp3) is 0.667. The van der Waals surface area contributed by atoms with Crippen molar-refractivity contribution in [2.45, 2.75) is 20.3 Å². The number of carboxylic acid groups (broad SMARTS) is 1. The number of amides is 1. The molecule has 0 aromatic rings. The lowest BCUT2D eigenvalue weighted by molar-refractivity contribution is -0.148. The van der Waals surface area contributed by atoms with Gasteiger partial charge in [0.25, 0.3) is 0 Å². The molecule has 0 aromatic heterocycles. The van der Waals surface area contributed by atoms with E-state index in [4.69, 9.17) is 5.11 Å². The van der Waals surface area contributed by atoms with E-state index in [9.17, 15) is 19.2 Å². The van der Waals surface area contributed by atoms with Gasteiger partial charge in [0.15, 0.2) is 5.12 Å². The molecule has 0 saturated heterocycles. The second-order valence-electron chi connectivity index (χ2n) is 4.18. The minimum Gasteiger partial charge on any atom is -0.480 e. The Morgan fingerprint density at radius 3 is 2.35 bits per heavy atom. The summed E-state index contributed by atoms with van der Waals surface area (Å²) in [6.07, 6.45) is -0.0674. The molecule has 0 aliphatic rings. The first-order valence-corrected chi connectivity index (χ1v) is 6.97. The lowest BCUT2D eigenvalue weighted by Crippen LogP contribution is -2.41. The molecule has 20 heavy (non-hydrogen) atoms. The monoisotopic (exact) mass is 305 g/mol. The maximum absolute atomic E-state index is 12.1. The van der Waals surface area contributed by atoms with Gasteiger partial charge in [-0.25, -0.2) is 0 Å². The Morgan fingerprint density at radius 1 is 1.30 bits per heavy atom. The number of ether oxygens (including phenoxy) is 1. The lowest BCUT2D eigenvalue weighted by atomic mass is 10.2. The summed E-state index contributed by atoms with van der Waals surface area (Å²) in [5.41, 5.74) is 0. The summed E-state index contributed by atoms with van der Waals surface area (Å²) >= 11 is 1.01. The third-order valence-electron chi connectivity index (χ3n) is 2.41. The first kappa shape index (κ1) is 18.4. The van der Waals surface area contributed by atoms with E-state index in [0.717, 1.165) is 16.7 Å². The van der Waals surface area contributed by atoms with Crippen LogP contribution >= 0.6 is 11.8 Å². The minimum atomic E-state index is -1.16. The number of thioether (sulfide) groups is 1. The van der Waals surface area contributed by atoms with Crippen molar-refractivity contribution in [3.8, 4) is 0 Å². The van der Waals surface area contributed by atoms with Crippen LogP contribution in [0.15, 0.2) is 0 Å². The summed E-state index contributed by atoms with van der Waals surface area (Å²) in [6, 6.07) is 0. The van der Waals surface area contributed by atoms with Crippen LogP contribution in [0, 0.1) is 5.92 Å². The molecule has 7 nitrogen and oxygen atoms in total. The number of rotatable bonds is 8. The zero-order valence-electron chi connectivity index (χ0n) is 11.7. The predicted molar refractivity (Wildman–Crippen MR) is 73.2 cm³/mol. The molecular formula is C12H19NO6S. The van der Waals surface area contributed by atoms with E-state index < -0.39 is 30.3 Å². The van der Waals surface area contributed by atoms with Crippen LogP contribution in [0.5, 0.6) is 0 Å². The average molecular weight is 305 g/mol. The molecule has 0 saturated carbocycles. The number of aliphatic carboxylic acids is 1. The van der Waals surface area contributed by atoms with E-state index in [1.54, 1.807) is 6.92 Å². The molecular weight excluding hydrogens is 286 g/mol. The van der Waals surface area contributed by atoms with Gasteiger partial charge in [0, 0.05) is 25.1 Å². The van der Waals surface area contributed by atoms with Crippen LogP contribution in [-0.2, 0) is 23.9 Å². The highest BCUT2D eigenvalue weighted by atomic mass is 32.2. The second kappa shape index (κ2) is 9.35. The normalized spacial score (nSPS) is 11.6. The molecule has 114 valence electrons. The molecule has 1 N–H and O–H groups in total. The fourth-order valence-corrected chi connectivity index (χ4v) is 2.01. The Balaban J connectivity index is 4.57. The molecule has 0 aliphatic heterocycles. The summed E-state index contributed by atoms with van der Waals surface area (Å²) < 4.78 is 4.45. The topological polar surface area (TPSA) is 101 Å². The van der Waals surface area contributed by atoms with Crippen LogP contribution < -0.4 is 0 Å². The van der Waals surface area contributed by atoms with Gasteiger partial charge in [0.1, 0.15) is 6.54 Å². The van der Waals surface area contributed by atoms with Gasteiger partial charge >= 0.3 is 11.9 Å². The van der Waals surface area contributed by atoms with Crippen LogP contribution in [-0.4, -0.2) is 58.9 Å². The molecule has 0 heterocycles. The number of carbonyl (C=O) groups is 4. The largest absolute Gasteiger partial charge is 0.480 e. The molecule has 1 atom stereocenters. The quantitative estimate of drug-likeness (QED) is 0.647. The molecule has 0 bridgehead atoms. The fourth-order valence-electron chi connectivity index (χ4n) is 1.38. The van der Waals surface area contributed by atoms with E-state index in [0.29, 0.717) is 0 Å². The van der Waals surface area contributed by atoms with Crippen molar-refractivity contribution >= 4 is 34.7 Å². The number of methoxy groups -OCH3 is 1. The highest BCUT2D eigenvalue weighted by Gasteiger charge is 2.23. The number of carbonyl (C=O) groups excluding carboxylic acids is 3. The van der Waals surface area contributed by atoms with E-state index in [-0.39, 0.29) is 23.8 Å². The van der Waals surface area contributed by atoms with Crippen molar-refractivity contribution in [3.05, 3.63) is 0 Å². The molecule has 0 aromatic carbocycles. The van der Waals surface area contributed by atoms with Crippen molar-refractivity contribution < 1.29 is 29.0 Å². The van der Waals surface area contributed by atoms with Crippen molar-refractivity contribution in [2.24, 2.45) is 5.92 Å². The third-order valence-corrected chi connectivity index (χ3v) is 3.48. The Kier molecular flexibility index (Phi) is 8.62. The predicted octanol–water partition coefficient (Wildman–Crippen LogP) is 0.378. The van der Waals surface area contributed by atoms with Crippen LogP contribution in [0.4, 0.5) is 0 Å². The van der Waals surface area contributed by atoms with Gasteiger partial charge in [-0.05, 0) is 0 Å². The average Bonchev–Trinajstić information content (AvgIpc) is 2.38. The molecule has 0 spiro atoms. The van der Waals surface area contributed by atoms with Gasteiger partial charge in [-0.15, -0.1) is 0 Å². The Bertz CT molecular complexity index is 384. The van der Waals surface area contributed by atoms with Gasteiger partial charge in [0.05, 0.1) is 13.5 Å². The first-order chi connectivity index (χ1) is 9.27. The number of hydrogen-bond donors (Lipinski definition) is 1. The molecule has 1 amide bonds. The molecule has 0 fully saturated rings. The maximum Gasteiger partial charge on any atom is 0.323 e. The highest BCUT2D eigenvalue weighted by Crippen LogP contribution is 2.12. The number of carboxylic acids is 1. The van der Waals surface area contributed by atoms with Crippen molar-refractivity contribution in [3.63, 3.8) is 0 Å². The van der Waals surface area contributed by atoms with E-state index >= 15 is 0 Å². The number of hydrogen-bond acceptors (Lipinski definition) is 6. The third kappa shape index (κ3) is 7.78. The standard InChI is InChI=1S/C12H19NO6S/c1-8(7-20-9(2)14)12(18)13(6-10(15)16)5-4-11(17)19-3/h8H,4-7H2,1-3H3,(H,15,16)/t8-/m1/s1. The molecule has 0 radical (unpaired) electrons. The Labute approximate surface area is 121 Å². The van der Waals surface area contributed by atoms with Crippen LogP contribution in [0.25, 0.3) is 0 Å². The van der Waals surface area contributed by atoms with E-state index in [1.807, 2.05) is 0 Å². The van der Waals surface area contributed by atoms with Crippen molar-refractivity contribution in [1.29, 1.82) is 0 Å². The molecule has 8 heteroatoms. The number of esters is 1. The zero-order chi connectivity index (χ0) is 15.7. The van der Waals surface area contributed by atoms with Gasteiger partial charge in [-0.2, -0.15) is 0 Å². The first-order valence-electron chi connectivity index (χ1n) is 5.98. The van der Waals surface area contributed by atoms with Crippen molar-refractivity contribution in [2.75, 3.05) is 26.0 Å². The smallest absolute Gasteiger partial charge is 0.323 e. The van der Waals surface area contributed by atoms with Gasteiger partial charge in [-0.3, -0.25) is 19.2 Å².